The summed E-state index contributed by atoms with van der Waals surface area (Å²) in [5.41, 5.74) is -0.783. The lowest BCUT2D eigenvalue weighted by Crippen LogP contribution is -2.30. The van der Waals surface area contributed by atoms with E-state index in [-0.39, 0.29) is 11.7 Å². The maximum Gasteiger partial charge on any atom is 0.149 e. The summed E-state index contributed by atoms with van der Waals surface area (Å²) < 4.78 is 0. The monoisotopic (exact) mass is 153 g/mol. The van der Waals surface area contributed by atoms with E-state index in [1.165, 1.54) is 6.92 Å². The van der Waals surface area contributed by atoms with Crippen molar-refractivity contribution in [2.24, 2.45) is 11.3 Å². The second kappa shape index (κ2) is 3.52. The Labute approximate surface area is 68.2 Å². The second-order valence-electron chi connectivity index (χ2n) is 3.18. The SMILES string of the molecule is CCC(C)C(C)(C#N)C(C)=O. The van der Waals surface area contributed by atoms with E-state index in [0.717, 1.165) is 6.42 Å². The van der Waals surface area contributed by atoms with Gasteiger partial charge < -0.3 is 0 Å². The Kier molecular flexibility index (Phi) is 3.25. The zero-order valence-electron chi connectivity index (χ0n) is 7.64. The first-order valence-corrected chi connectivity index (χ1v) is 3.91. The minimum absolute atomic E-state index is 0.0330. The largest absolute Gasteiger partial charge is 0.298 e. The van der Waals surface area contributed by atoms with Crippen molar-refractivity contribution in [3.8, 4) is 6.07 Å². The van der Waals surface area contributed by atoms with Gasteiger partial charge in [-0.1, -0.05) is 20.3 Å². The third-order valence-electron chi connectivity index (χ3n) is 2.56. The van der Waals surface area contributed by atoms with Gasteiger partial charge in [-0.15, -0.1) is 0 Å². The Morgan fingerprint density at radius 1 is 1.73 bits per heavy atom. The van der Waals surface area contributed by atoms with Crippen LogP contribution in [0.1, 0.15) is 34.1 Å². The van der Waals surface area contributed by atoms with Gasteiger partial charge in [-0.05, 0) is 19.8 Å². The average molecular weight is 153 g/mol. The van der Waals surface area contributed by atoms with Gasteiger partial charge in [0.1, 0.15) is 11.2 Å². The first-order valence-electron chi connectivity index (χ1n) is 3.91. The lowest BCUT2D eigenvalue weighted by Gasteiger charge is -2.24. The highest BCUT2D eigenvalue weighted by Crippen LogP contribution is 2.29. The highest BCUT2D eigenvalue weighted by molar-refractivity contribution is 5.84. The van der Waals surface area contributed by atoms with Gasteiger partial charge in [0.15, 0.2) is 0 Å². The van der Waals surface area contributed by atoms with Crippen molar-refractivity contribution in [3.05, 3.63) is 0 Å². The molecular weight excluding hydrogens is 138 g/mol. The first kappa shape index (κ1) is 10.2. The van der Waals surface area contributed by atoms with Crippen LogP contribution in [0.25, 0.3) is 0 Å². The molecule has 62 valence electrons. The Morgan fingerprint density at radius 3 is 2.27 bits per heavy atom. The van der Waals surface area contributed by atoms with Crippen LogP contribution in [0.15, 0.2) is 0 Å². The molecule has 0 fully saturated rings. The van der Waals surface area contributed by atoms with Gasteiger partial charge in [0.25, 0.3) is 0 Å². The maximum absolute atomic E-state index is 11.1. The van der Waals surface area contributed by atoms with Crippen LogP contribution in [-0.2, 0) is 4.79 Å². The van der Waals surface area contributed by atoms with Crippen LogP contribution in [0, 0.1) is 22.7 Å². The molecule has 2 heteroatoms. The summed E-state index contributed by atoms with van der Waals surface area (Å²) in [7, 11) is 0. The van der Waals surface area contributed by atoms with Gasteiger partial charge >= 0.3 is 0 Å². The Hall–Kier alpha value is -0.840. The van der Waals surface area contributed by atoms with E-state index in [1.54, 1.807) is 6.92 Å². The van der Waals surface area contributed by atoms with Crippen molar-refractivity contribution in [2.45, 2.75) is 34.1 Å². The van der Waals surface area contributed by atoms with E-state index in [4.69, 9.17) is 5.26 Å². The van der Waals surface area contributed by atoms with Crippen LogP contribution in [0.3, 0.4) is 0 Å². The molecule has 0 heterocycles. The number of carbonyl (C=O) groups excluding carboxylic acids is 1. The molecule has 0 aliphatic rings. The van der Waals surface area contributed by atoms with Crippen molar-refractivity contribution in [2.75, 3.05) is 0 Å². The third-order valence-corrected chi connectivity index (χ3v) is 2.56. The number of hydrogen-bond acceptors (Lipinski definition) is 2. The number of carbonyl (C=O) groups is 1. The molecule has 0 aliphatic heterocycles. The Balaban J connectivity index is 4.63. The van der Waals surface area contributed by atoms with Crippen LogP contribution in [0.4, 0.5) is 0 Å². The van der Waals surface area contributed by atoms with Crippen molar-refractivity contribution >= 4 is 5.78 Å². The molecule has 0 bridgehead atoms. The number of hydrogen-bond donors (Lipinski definition) is 0. The summed E-state index contributed by atoms with van der Waals surface area (Å²) in [4.78, 5) is 11.1. The van der Waals surface area contributed by atoms with E-state index < -0.39 is 5.41 Å². The fraction of sp³-hybridized carbons (Fsp3) is 0.778. The molecule has 0 saturated carbocycles. The zero-order chi connectivity index (χ0) is 9.07. The van der Waals surface area contributed by atoms with Crippen LogP contribution >= 0.6 is 0 Å². The smallest absolute Gasteiger partial charge is 0.149 e. The molecule has 0 saturated heterocycles. The summed E-state index contributed by atoms with van der Waals surface area (Å²) >= 11 is 0. The standard InChI is InChI=1S/C9H15NO/c1-5-7(2)9(4,6-10)8(3)11/h7H,5H2,1-4H3. The van der Waals surface area contributed by atoms with Crippen LogP contribution in [0.5, 0.6) is 0 Å². The summed E-state index contributed by atoms with van der Waals surface area (Å²) in [6, 6.07) is 2.08. The fourth-order valence-electron chi connectivity index (χ4n) is 0.944. The second-order valence-corrected chi connectivity index (χ2v) is 3.18. The predicted molar refractivity (Wildman–Crippen MR) is 43.9 cm³/mol. The molecule has 0 amide bonds. The van der Waals surface area contributed by atoms with Crippen LogP contribution < -0.4 is 0 Å². The Morgan fingerprint density at radius 2 is 2.18 bits per heavy atom. The molecule has 0 rings (SSSR count). The number of nitrogens with zero attached hydrogens (tertiary/aromatic N) is 1. The molecule has 0 aromatic rings. The summed E-state index contributed by atoms with van der Waals surface area (Å²) in [6.45, 7) is 7.12. The minimum Gasteiger partial charge on any atom is -0.298 e. The summed E-state index contributed by atoms with van der Waals surface area (Å²) in [5.74, 6) is 0.111. The van der Waals surface area contributed by atoms with Gasteiger partial charge in [0.05, 0.1) is 6.07 Å². The van der Waals surface area contributed by atoms with Crippen LogP contribution in [0.2, 0.25) is 0 Å². The molecule has 0 N–H and O–H groups in total. The van der Waals surface area contributed by atoms with E-state index in [0.29, 0.717) is 0 Å². The lowest BCUT2D eigenvalue weighted by molar-refractivity contribution is -0.125. The quantitative estimate of drug-likeness (QED) is 0.623. The molecule has 0 aromatic heterocycles. The van der Waals surface area contributed by atoms with Crippen molar-refractivity contribution in [3.63, 3.8) is 0 Å². The van der Waals surface area contributed by atoms with Gasteiger partial charge in [0.2, 0.25) is 0 Å². The number of nitriles is 1. The zero-order valence-corrected chi connectivity index (χ0v) is 7.64. The molecule has 0 radical (unpaired) electrons. The number of ketones is 1. The topological polar surface area (TPSA) is 40.9 Å². The molecule has 11 heavy (non-hydrogen) atoms. The van der Waals surface area contributed by atoms with Crippen molar-refractivity contribution in [1.29, 1.82) is 5.26 Å². The third kappa shape index (κ3) is 1.80. The van der Waals surface area contributed by atoms with Gasteiger partial charge in [-0.2, -0.15) is 5.26 Å². The first-order chi connectivity index (χ1) is 4.99. The predicted octanol–water partition coefficient (Wildman–Crippen LogP) is 2.15. The Bertz CT molecular complexity index is 192. The van der Waals surface area contributed by atoms with Crippen molar-refractivity contribution < 1.29 is 4.79 Å². The molecular formula is C9H15NO. The molecule has 0 aliphatic carbocycles. The van der Waals surface area contributed by atoms with E-state index in [2.05, 4.69) is 6.07 Å². The van der Waals surface area contributed by atoms with E-state index in [1.807, 2.05) is 13.8 Å². The molecule has 0 aromatic carbocycles. The molecule has 2 unspecified atom stereocenters. The number of Topliss-reactive ketones (excluding diaryl/α,β-unsaturated/α-hetero) is 1. The highest BCUT2D eigenvalue weighted by atomic mass is 16.1. The van der Waals surface area contributed by atoms with Gasteiger partial charge in [0, 0.05) is 0 Å². The minimum atomic E-state index is -0.783. The lowest BCUT2D eigenvalue weighted by atomic mass is 9.75. The van der Waals surface area contributed by atoms with Crippen molar-refractivity contribution in [1.82, 2.24) is 0 Å². The van der Waals surface area contributed by atoms with Gasteiger partial charge in [-0.25, -0.2) is 0 Å². The van der Waals surface area contributed by atoms with Gasteiger partial charge in [-0.3, -0.25) is 4.79 Å². The van der Waals surface area contributed by atoms with E-state index >= 15 is 0 Å². The normalized spacial score (nSPS) is 18.1. The average Bonchev–Trinajstić information content (AvgIpc) is 2.01. The molecule has 2 nitrogen and oxygen atoms in total. The molecule has 0 spiro atoms. The van der Waals surface area contributed by atoms with E-state index in [9.17, 15) is 4.79 Å². The summed E-state index contributed by atoms with van der Waals surface area (Å²) in [5, 5.41) is 8.79. The summed E-state index contributed by atoms with van der Waals surface area (Å²) in [6.07, 6.45) is 0.865. The number of rotatable bonds is 3. The van der Waals surface area contributed by atoms with Crippen LogP contribution in [-0.4, -0.2) is 5.78 Å². The molecule has 2 atom stereocenters. The highest BCUT2D eigenvalue weighted by Gasteiger charge is 2.34. The fourth-order valence-corrected chi connectivity index (χ4v) is 0.944. The maximum atomic E-state index is 11.1.